The quantitative estimate of drug-likeness (QED) is 0.817. The van der Waals surface area contributed by atoms with Crippen LogP contribution in [0.4, 0.5) is 0 Å². The van der Waals surface area contributed by atoms with Crippen LogP contribution in [0.5, 0.6) is 5.75 Å². The van der Waals surface area contributed by atoms with Gasteiger partial charge in [0.15, 0.2) is 0 Å². The van der Waals surface area contributed by atoms with Gasteiger partial charge in [0.25, 0.3) is 0 Å². The zero-order valence-electron chi connectivity index (χ0n) is 10.1. The van der Waals surface area contributed by atoms with E-state index >= 15 is 0 Å². The highest BCUT2D eigenvalue weighted by Gasteiger charge is 2.22. The van der Waals surface area contributed by atoms with Crippen molar-refractivity contribution >= 4 is 11.8 Å². The maximum atomic E-state index is 6.16. The monoisotopic (exact) mass is 253 g/mol. The largest absolute Gasteiger partial charge is 0.497 e. The molecule has 94 valence electrons. The van der Waals surface area contributed by atoms with Gasteiger partial charge in [0.1, 0.15) is 5.75 Å². The molecule has 3 nitrogen and oxygen atoms in total. The van der Waals surface area contributed by atoms with Crippen molar-refractivity contribution in [1.82, 2.24) is 0 Å². The predicted molar refractivity (Wildman–Crippen MR) is 70.6 cm³/mol. The van der Waals surface area contributed by atoms with E-state index in [4.69, 9.17) is 15.2 Å². The molecule has 1 heterocycles. The first-order chi connectivity index (χ1) is 8.29. The number of ether oxygens (including phenoxy) is 2. The van der Waals surface area contributed by atoms with Crippen LogP contribution in [0.2, 0.25) is 0 Å². The van der Waals surface area contributed by atoms with Gasteiger partial charge in [-0.15, -0.1) is 11.8 Å². The molecule has 2 unspecified atom stereocenters. The molecule has 2 N–H and O–H groups in total. The van der Waals surface area contributed by atoms with Gasteiger partial charge in [-0.3, -0.25) is 0 Å². The second-order valence-electron chi connectivity index (χ2n) is 4.27. The summed E-state index contributed by atoms with van der Waals surface area (Å²) in [6.45, 7) is 1.69. The molecule has 0 saturated carbocycles. The minimum absolute atomic E-state index is 0.226. The third-order valence-electron chi connectivity index (χ3n) is 3.07. The van der Waals surface area contributed by atoms with Crippen LogP contribution in [0.3, 0.4) is 0 Å². The van der Waals surface area contributed by atoms with E-state index in [0.717, 1.165) is 31.1 Å². The fraction of sp³-hybridized carbons (Fsp3) is 0.538. The van der Waals surface area contributed by atoms with E-state index in [9.17, 15) is 0 Å². The maximum absolute atomic E-state index is 6.16. The topological polar surface area (TPSA) is 44.5 Å². The highest BCUT2D eigenvalue weighted by molar-refractivity contribution is 7.99. The van der Waals surface area contributed by atoms with Crippen molar-refractivity contribution in [2.75, 3.05) is 26.1 Å². The molecule has 1 aliphatic heterocycles. The predicted octanol–water partition coefficient (Wildman–Crippen LogP) is 2.15. The number of rotatable bonds is 5. The molecule has 17 heavy (non-hydrogen) atoms. The molecule has 0 spiro atoms. The Kier molecular flexibility index (Phi) is 4.71. The Morgan fingerprint density at radius 3 is 2.82 bits per heavy atom. The molecule has 1 aliphatic rings. The summed E-state index contributed by atoms with van der Waals surface area (Å²) in [4.78, 5) is 1.24. The van der Waals surface area contributed by atoms with E-state index in [0.29, 0.717) is 5.92 Å². The summed E-state index contributed by atoms with van der Waals surface area (Å²) in [7, 11) is 1.68. The Labute approximate surface area is 107 Å². The fourth-order valence-electron chi connectivity index (χ4n) is 1.89. The van der Waals surface area contributed by atoms with E-state index in [1.165, 1.54) is 4.90 Å². The number of benzene rings is 1. The second kappa shape index (κ2) is 6.28. The smallest absolute Gasteiger partial charge is 0.118 e. The van der Waals surface area contributed by atoms with E-state index in [1.54, 1.807) is 18.9 Å². The summed E-state index contributed by atoms with van der Waals surface area (Å²) in [5.74, 6) is 2.36. The summed E-state index contributed by atoms with van der Waals surface area (Å²) in [5, 5.41) is 0. The molecule has 2 rings (SSSR count). The van der Waals surface area contributed by atoms with Crippen LogP contribution in [0, 0.1) is 5.92 Å². The average Bonchev–Trinajstić information content (AvgIpc) is 2.90. The Balaban J connectivity index is 1.80. The van der Waals surface area contributed by atoms with Crippen LogP contribution in [0.15, 0.2) is 29.2 Å². The lowest BCUT2D eigenvalue weighted by Gasteiger charge is -2.16. The first kappa shape index (κ1) is 12.7. The van der Waals surface area contributed by atoms with Crippen molar-refractivity contribution in [3.63, 3.8) is 0 Å². The fourth-order valence-corrected chi connectivity index (χ4v) is 2.88. The Morgan fingerprint density at radius 2 is 2.24 bits per heavy atom. The molecule has 0 amide bonds. The lowest BCUT2D eigenvalue weighted by atomic mass is 10.0. The number of hydrogen-bond donors (Lipinski definition) is 1. The average molecular weight is 253 g/mol. The van der Waals surface area contributed by atoms with Crippen LogP contribution in [0.1, 0.15) is 6.42 Å². The molecule has 4 heteroatoms. The zero-order valence-corrected chi connectivity index (χ0v) is 10.9. The van der Waals surface area contributed by atoms with Gasteiger partial charge in [0, 0.05) is 29.2 Å². The standard InChI is InChI=1S/C13H19NO2S/c1-15-11-2-4-12(5-3-11)17-9-13(14)10-6-7-16-8-10/h2-5,10,13H,6-9,14H2,1H3. The van der Waals surface area contributed by atoms with Gasteiger partial charge < -0.3 is 15.2 Å². The molecule has 0 bridgehead atoms. The lowest BCUT2D eigenvalue weighted by molar-refractivity contribution is 0.182. The normalized spacial score (nSPS) is 21.4. The molecule has 0 aromatic heterocycles. The van der Waals surface area contributed by atoms with Gasteiger partial charge >= 0.3 is 0 Å². The maximum Gasteiger partial charge on any atom is 0.118 e. The molecule has 0 aliphatic carbocycles. The lowest BCUT2D eigenvalue weighted by Crippen LogP contribution is -2.32. The van der Waals surface area contributed by atoms with Crippen molar-refractivity contribution in [3.05, 3.63) is 24.3 Å². The molecule has 1 aromatic carbocycles. The van der Waals surface area contributed by atoms with Gasteiger partial charge in [-0.05, 0) is 30.7 Å². The van der Waals surface area contributed by atoms with Crippen LogP contribution in [-0.4, -0.2) is 32.1 Å². The first-order valence-electron chi connectivity index (χ1n) is 5.90. The molecular weight excluding hydrogens is 234 g/mol. The van der Waals surface area contributed by atoms with Crippen LogP contribution in [-0.2, 0) is 4.74 Å². The number of nitrogens with two attached hydrogens (primary N) is 1. The summed E-state index contributed by atoms with van der Waals surface area (Å²) < 4.78 is 10.5. The minimum atomic E-state index is 0.226. The number of methoxy groups -OCH3 is 1. The van der Waals surface area contributed by atoms with Gasteiger partial charge in [-0.1, -0.05) is 0 Å². The summed E-state index contributed by atoms with van der Waals surface area (Å²) >= 11 is 1.80. The van der Waals surface area contributed by atoms with Gasteiger partial charge in [-0.2, -0.15) is 0 Å². The molecular formula is C13H19NO2S. The van der Waals surface area contributed by atoms with Crippen molar-refractivity contribution in [2.45, 2.75) is 17.4 Å². The second-order valence-corrected chi connectivity index (χ2v) is 5.37. The Bertz CT molecular complexity index is 336. The van der Waals surface area contributed by atoms with Gasteiger partial charge in [0.2, 0.25) is 0 Å². The van der Waals surface area contributed by atoms with Crippen molar-refractivity contribution in [2.24, 2.45) is 11.7 Å². The van der Waals surface area contributed by atoms with E-state index in [2.05, 4.69) is 12.1 Å². The number of hydrogen-bond acceptors (Lipinski definition) is 4. The summed E-state index contributed by atoms with van der Waals surface area (Å²) in [6.07, 6.45) is 1.10. The van der Waals surface area contributed by atoms with Crippen molar-refractivity contribution < 1.29 is 9.47 Å². The third-order valence-corrected chi connectivity index (χ3v) is 4.23. The van der Waals surface area contributed by atoms with E-state index in [-0.39, 0.29) is 6.04 Å². The van der Waals surface area contributed by atoms with Crippen LogP contribution >= 0.6 is 11.8 Å². The summed E-state index contributed by atoms with van der Waals surface area (Å²) in [5.41, 5.74) is 6.16. The van der Waals surface area contributed by atoms with Crippen LogP contribution in [0.25, 0.3) is 0 Å². The molecule has 1 aromatic rings. The highest BCUT2D eigenvalue weighted by Crippen LogP contribution is 2.24. The van der Waals surface area contributed by atoms with Gasteiger partial charge in [-0.25, -0.2) is 0 Å². The van der Waals surface area contributed by atoms with E-state index < -0.39 is 0 Å². The Hall–Kier alpha value is -0.710. The Morgan fingerprint density at radius 1 is 1.47 bits per heavy atom. The molecule has 0 radical (unpaired) electrons. The third kappa shape index (κ3) is 3.63. The summed E-state index contributed by atoms with van der Waals surface area (Å²) in [6, 6.07) is 8.33. The number of thioether (sulfide) groups is 1. The zero-order chi connectivity index (χ0) is 12.1. The molecule has 1 saturated heterocycles. The van der Waals surface area contributed by atoms with Gasteiger partial charge in [0.05, 0.1) is 13.7 Å². The minimum Gasteiger partial charge on any atom is -0.497 e. The van der Waals surface area contributed by atoms with Crippen LogP contribution < -0.4 is 10.5 Å². The van der Waals surface area contributed by atoms with E-state index in [1.807, 2.05) is 12.1 Å². The highest BCUT2D eigenvalue weighted by atomic mass is 32.2. The van der Waals surface area contributed by atoms with Crippen molar-refractivity contribution in [1.29, 1.82) is 0 Å². The SMILES string of the molecule is COc1ccc(SCC(N)C2CCOC2)cc1. The molecule has 2 atom stereocenters. The first-order valence-corrected chi connectivity index (χ1v) is 6.88. The van der Waals surface area contributed by atoms with Crippen molar-refractivity contribution in [3.8, 4) is 5.75 Å². The molecule has 1 fully saturated rings.